The summed E-state index contributed by atoms with van der Waals surface area (Å²) in [5.41, 5.74) is 8.88. The molecule has 1 aliphatic rings. The Morgan fingerprint density at radius 3 is 1.89 bits per heavy atom. The van der Waals surface area contributed by atoms with Crippen LogP contribution in [-0.2, 0) is 12.8 Å². The van der Waals surface area contributed by atoms with Crippen molar-refractivity contribution in [1.29, 1.82) is 0 Å². The number of hydrogen-bond acceptors (Lipinski definition) is 0. The molecule has 1 heteroatoms. The molecule has 2 atom stereocenters. The second-order valence-corrected chi connectivity index (χ2v) is 13.4. The first-order valence-corrected chi connectivity index (χ1v) is 13.3. The Labute approximate surface area is 173 Å². The van der Waals surface area contributed by atoms with E-state index in [1.165, 1.54) is 27.8 Å². The summed E-state index contributed by atoms with van der Waals surface area (Å²) in [7, 11) is -2.11. The molecule has 148 valence electrons. The van der Waals surface area contributed by atoms with E-state index in [1.807, 2.05) is 0 Å². The topological polar surface area (TPSA) is 0 Å². The molecule has 0 heterocycles. The molecule has 28 heavy (non-hydrogen) atoms. The fourth-order valence-corrected chi connectivity index (χ4v) is 10.3. The summed E-state index contributed by atoms with van der Waals surface area (Å²) in [6, 6.07) is 16.6. The summed E-state index contributed by atoms with van der Waals surface area (Å²) < 4.78 is 0. The number of hydrogen-bond donors (Lipinski definition) is 0. The lowest BCUT2D eigenvalue weighted by molar-refractivity contribution is 0.864. The predicted molar refractivity (Wildman–Crippen MR) is 128 cm³/mol. The molecular weight excluding hydrogens is 352 g/mol. The van der Waals surface area contributed by atoms with Crippen molar-refractivity contribution in [3.05, 3.63) is 82.0 Å². The average molecular weight is 389 g/mol. The minimum atomic E-state index is -2.11. The Morgan fingerprint density at radius 2 is 1.43 bits per heavy atom. The number of allylic oxidation sites excluding steroid dienone is 4. The zero-order valence-electron chi connectivity index (χ0n) is 19.0. The Morgan fingerprint density at radius 1 is 0.857 bits per heavy atom. The Bertz CT molecular complexity index is 940. The van der Waals surface area contributed by atoms with Gasteiger partial charge in [-0.2, -0.15) is 0 Å². The zero-order valence-corrected chi connectivity index (χ0v) is 20.0. The molecule has 0 saturated carbocycles. The molecule has 3 rings (SSSR count). The Kier molecular flexibility index (Phi) is 5.60. The molecular formula is C27H36Si. The van der Waals surface area contributed by atoms with Crippen LogP contribution in [-0.4, -0.2) is 8.07 Å². The van der Waals surface area contributed by atoms with E-state index >= 15 is 0 Å². The van der Waals surface area contributed by atoms with Crippen molar-refractivity contribution in [1.82, 2.24) is 0 Å². The highest BCUT2D eigenvalue weighted by atomic mass is 28.3. The summed E-state index contributed by atoms with van der Waals surface area (Å²) in [6.45, 7) is 18.9. The van der Waals surface area contributed by atoms with Crippen molar-refractivity contribution in [2.45, 2.75) is 72.9 Å². The first kappa shape index (κ1) is 20.9. The van der Waals surface area contributed by atoms with Gasteiger partial charge in [0.15, 0.2) is 0 Å². The molecule has 0 aromatic heterocycles. The normalized spacial score (nSPS) is 21.6. The standard InChI is InChI=1S/C27H36Si/c1-9-23-15-24(10-2)17-25(16-23)28(8,26-14-12-11-13-19(26)3)27(7)18-20(4)21(5)22(27)6/h11-18H,9-10H2,1-8H3. The van der Waals surface area contributed by atoms with Gasteiger partial charge in [-0.25, -0.2) is 0 Å². The molecule has 0 spiro atoms. The van der Waals surface area contributed by atoms with Crippen molar-refractivity contribution in [3.63, 3.8) is 0 Å². The van der Waals surface area contributed by atoms with Crippen LogP contribution in [0.5, 0.6) is 0 Å². The number of aryl methyl sites for hydroxylation is 3. The minimum Gasteiger partial charge on any atom is -0.0733 e. The van der Waals surface area contributed by atoms with Crippen LogP contribution in [0.2, 0.25) is 11.6 Å². The van der Waals surface area contributed by atoms with Crippen LogP contribution in [0, 0.1) is 6.92 Å². The lowest BCUT2D eigenvalue weighted by atomic mass is 10.0. The average Bonchev–Trinajstić information content (AvgIpc) is 2.90. The summed E-state index contributed by atoms with van der Waals surface area (Å²) >= 11 is 0. The molecule has 2 aromatic rings. The number of benzene rings is 2. The highest BCUT2D eigenvalue weighted by Crippen LogP contribution is 2.53. The maximum atomic E-state index is 2.61. The van der Waals surface area contributed by atoms with Crippen molar-refractivity contribution in [2.24, 2.45) is 0 Å². The molecule has 0 nitrogen and oxygen atoms in total. The van der Waals surface area contributed by atoms with E-state index in [9.17, 15) is 0 Å². The molecule has 1 aliphatic carbocycles. The van der Waals surface area contributed by atoms with Gasteiger partial charge in [0.2, 0.25) is 0 Å². The van der Waals surface area contributed by atoms with Crippen molar-refractivity contribution in [2.75, 3.05) is 0 Å². The second-order valence-electron chi connectivity index (χ2n) is 8.96. The van der Waals surface area contributed by atoms with Gasteiger partial charge in [0, 0.05) is 5.04 Å². The summed E-state index contributed by atoms with van der Waals surface area (Å²) in [6.07, 6.45) is 4.78. The van der Waals surface area contributed by atoms with Crippen LogP contribution in [0.4, 0.5) is 0 Å². The smallest absolute Gasteiger partial charge is 0.0733 e. The molecule has 2 unspecified atom stereocenters. The van der Waals surface area contributed by atoms with Crippen LogP contribution in [0.25, 0.3) is 0 Å². The third kappa shape index (κ3) is 3.05. The SMILES string of the molecule is CCc1cc(CC)cc([Si](C)(c2ccccc2C)C2(C)C=C(C)C(C)=C2C)c1. The fourth-order valence-electron chi connectivity index (χ4n) is 5.18. The van der Waals surface area contributed by atoms with Gasteiger partial charge in [0.25, 0.3) is 0 Å². The summed E-state index contributed by atoms with van der Waals surface area (Å²) in [4.78, 5) is 0. The number of rotatable bonds is 5. The third-order valence-electron chi connectivity index (χ3n) is 7.61. The highest BCUT2D eigenvalue weighted by molar-refractivity contribution is 7.04. The van der Waals surface area contributed by atoms with Gasteiger partial charge in [0.05, 0.1) is 0 Å². The quantitative estimate of drug-likeness (QED) is 0.522. The molecule has 0 bridgehead atoms. The first-order chi connectivity index (χ1) is 13.2. The van der Waals surface area contributed by atoms with E-state index in [-0.39, 0.29) is 5.04 Å². The van der Waals surface area contributed by atoms with Crippen LogP contribution in [0.15, 0.2) is 65.3 Å². The Balaban J connectivity index is 2.40. The van der Waals surface area contributed by atoms with E-state index in [1.54, 1.807) is 15.9 Å². The molecule has 0 amide bonds. The highest BCUT2D eigenvalue weighted by Gasteiger charge is 2.51. The van der Waals surface area contributed by atoms with Gasteiger partial charge in [-0.05, 0) is 57.2 Å². The fraction of sp³-hybridized carbons (Fsp3) is 0.407. The van der Waals surface area contributed by atoms with Crippen LogP contribution >= 0.6 is 0 Å². The first-order valence-electron chi connectivity index (χ1n) is 10.8. The predicted octanol–water partition coefficient (Wildman–Crippen LogP) is 6.37. The van der Waals surface area contributed by atoms with Crippen molar-refractivity contribution >= 4 is 18.4 Å². The lowest BCUT2D eigenvalue weighted by Gasteiger charge is -2.45. The van der Waals surface area contributed by atoms with Crippen LogP contribution in [0.3, 0.4) is 0 Å². The molecule has 0 saturated heterocycles. The molecule has 0 aliphatic heterocycles. The minimum absolute atomic E-state index is 0.0880. The monoisotopic (exact) mass is 388 g/mol. The van der Waals surface area contributed by atoms with Gasteiger partial charge in [-0.3, -0.25) is 0 Å². The second kappa shape index (κ2) is 7.52. The van der Waals surface area contributed by atoms with Crippen molar-refractivity contribution < 1.29 is 0 Å². The van der Waals surface area contributed by atoms with Gasteiger partial charge >= 0.3 is 0 Å². The molecule has 0 radical (unpaired) electrons. The molecule has 0 fully saturated rings. The van der Waals surface area contributed by atoms with E-state index in [2.05, 4.69) is 104 Å². The molecule has 0 N–H and O–H groups in total. The maximum absolute atomic E-state index is 2.61. The molecule has 2 aromatic carbocycles. The zero-order chi connectivity index (χ0) is 20.7. The van der Waals surface area contributed by atoms with Gasteiger partial charge in [0.1, 0.15) is 8.07 Å². The largest absolute Gasteiger partial charge is 0.128 e. The van der Waals surface area contributed by atoms with Crippen LogP contribution < -0.4 is 10.4 Å². The van der Waals surface area contributed by atoms with E-state index in [4.69, 9.17) is 0 Å². The van der Waals surface area contributed by atoms with Crippen LogP contribution in [0.1, 0.15) is 58.2 Å². The lowest BCUT2D eigenvalue weighted by Crippen LogP contribution is -2.64. The van der Waals surface area contributed by atoms with E-state index in [0.717, 1.165) is 12.8 Å². The van der Waals surface area contributed by atoms with Crippen molar-refractivity contribution in [3.8, 4) is 0 Å². The van der Waals surface area contributed by atoms with Gasteiger partial charge in [-0.15, -0.1) is 0 Å². The van der Waals surface area contributed by atoms with Gasteiger partial charge < -0.3 is 0 Å². The van der Waals surface area contributed by atoms with E-state index in [0.29, 0.717) is 0 Å². The van der Waals surface area contributed by atoms with E-state index < -0.39 is 8.07 Å². The maximum Gasteiger partial charge on any atom is 0.128 e. The Hall–Kier alpha value is -1.86. The third-order valence-corrected chi connectivity index (χ3v) is 13.3. The summed E-state index contributed by atoms with van der Waals surface area (Å²) in [5, 5.41) is 3.24. The summed E-state index contributed by atoms with van der Waals surface area (Å²) in [5.74, 6) is 0. The van der Waals surface area contributed by atoms with Gasteiger partial charge in [-0.1, -0.05) is 103 Å².